The fourth-order valence-electron chi connectivity index (χ4n) is 3.28. The Labute approximate surface area is 122 Å². The van der Waals surface area contributed by atoms with Crippen molar-refractivity contribution >= 4 is 0 Å². The van der Waals surface area contributed by atoms with Crippen molar-refractivity contribution in [3.05, 3.63) is 17.5 Å². The molecule has 1 N–H and O–H groups in total. The van der Waals surface area contributed by atoms with E-state index in [4.69, 9.17) is 0 Å². The molecule has 20 heavy (non-hydrogen) atoms. The molecule has 2 fully saturated rings. The van der Waals surface area contributed by atoms with Crippen molar-refractivity contribution in [1.82, 2.24) is 20.0 Å². The number of aromatic nitrogens is 2. The molecule has 1 aliphatic heterocycles. The molecule has 4 nitrogen and oxygen atoms in total. The van der Waals surface area contributed by atoms with Gasteiger partial charge in [-0.05, 0) is 19.3 Å². The summed E-state index contributed by atoms with van der Waals surface area (Å²) >= 11 is 0. The van der Waals surface area contributed by atoms with Gasteiger partial charge in [0.15, 0.2) is 0 Å². The quantitative estimate of drug-likeness (QED) is 0.913. The molecule has 0 radical (unpaired) electrons. The van der Waals surface area contributed by atoms with Crippen LogP contribution in [0.2, 0.25) is 0 Å². The molecular formula is C16H28N4. The third-order valence-electron chi connectivity index (χ3n) is 4.48. The van der Waals surface area contributed by atoms with Gasteiger partial charge in [-0.15, -0.1) is 0 Å². The maximum Gasteiger partial charge on any atom is 0.0722 e. The molecule has 3 rings (SSSR count). The van der Waals surface area contributed by atoms with Crippen LogP contribution in [-0.4, -0.2) is 39.9 Å². The second-order valence-corrected chi connectivity index (χ2v) is 7.52. The topological polar surface area (TPSA) is 33.1 Å². The lowest BCUT2D eigenvalue weighted by Crippen LogP contribution is -2.33. The van der Waals surface area contributed by atoms with Crippen molar-refractivity contribution in [1.29, 1.82) is 0 Å². The number of rotatable bonds is 4. The van der Waals surface area contributed by atoms with Crippen LogP contribution < -0.4 is 5.32 Å². The van der Waals surface area contributed by atoms with Gasteiger partial charge in [0.1, 0.15) is 0 Å². The van der Waals surface area contributed by atoms with Crippen molar-refractivity contribution in [2.24, 2.45) is 7.05 Å². The van der Waals surface area contributed by atoms with Crippen molar-refractivity contribution < 1.29 is 0 Å². The normalized spacial score (nSPS) is 24.5. The summed E-state index contributed by atoms with van der Waals surface area (Å²) in [6, 6.07) is 1.56. The highest BCUT2D eigenvalue weighted by Gasteiger charge is 2.34. The van der Waals surface area contributed by atoms with Gasteiger partial charge < -0.3 is 5.32 Å². The molecule has 1 aromatic rings. The first-order valence-corrected chi connectivity index (χ1v) is 7.94. The largest absolute Gasteiger partial charge is 0.308 e. The van der Waals surface area contributed by atoms with E-state index in [0.717, 1.165) is 12.6 Å². The van der Waals surface area contributed by atoms with Crippen LogP contribution in [0.3, 0.4) is 0 Å². The van der Waals surface area contributed by atoms with Gasteiger partial charge in [-0.25, -0.2) is 0 Å². The van der Waals surface area contributed by atoms with Gasteiger partial charge in [-0.2, -0.15) is 5.10 Å². The summed E-state index contributed by atoms with van der Waals surface area (Å²) in [7, 11) is 2.02. The van der Waals surface area contributed by atoms with E-state index in [1.165, 1.54) is 43.6 Å². The minimum absolute atomic E-state index is 0.119. The van der Waals surface area contributed by atoms with Crippen LogP contribution in [0.15, 0.2) is 6.20 Å². The minimum atomic E-state index is 0.119. The average molecular weight is 276 g/mol. The fourth-order valence-corrected chi connectivity index (χ4v) is 3.28. The molecule has 1 saturated heterocycles. The molecule has 2 heterocycles. The van der Waals surface area contributed by atoms with Crippen molar-refractivity contribution in [3.8, 4) is 0 Å². The minimum Gasteiger partial charge on any atom is -0.308 e. The van der Waals surface area contributed by atoms with E-state index in [1.807, 2.05) is 11.7 Å². The molecule has 0 spiro atoms. The molecule has 112 valence electrons. The Balaban J connectivity index is 1.58. The maximum atomic E-state index is 4.65. The third kappa shape index (κ3) is 3.07. The zero-order valence-corrected chi connectivity index (χ0v) is 13.3. The molecule has 1 unspecified atom stereocenters. The van der Waals surface area contributed by atoms with Crippen LogP contribution in [0.1, 0.15) is 51.3 Å². The molecule has 2 aliphatic rings. The number of nitrogens with one attached hydrogen (secondary N) is 1. The van der Waals surface area contributed by atoms with Gasteiger partial charge in [-0.3, -0.25) is 9.58 Å². The van der Waals surface area contributed by atoms with E-state index in [2.05, 4.69) is 42.3 Å². The highest BCUT2D eigenvalue weighted by Crippen LogP contribution is 2.30. The number of hydrogen-bond donors (Lipinski definition) is 1. The summed E-state index contributed by atoms with van der Waals surface area (Å²) in [4.78, 5) is 2.66. The number of likely N-dealkylation sites (tertiary alicyclic amines) is 1. The SMILES string of the molecule is Cn1cc(CNC2CCN(C3CC3)C2)c(C(C)(C)C)n1. The Bertz CT molecular complexity index is 467. The van der Waals surface area contributed by atoms with Crippen molar-refractivity contribution in [2.45, 2.75) is 64.1 Å². The van der Waals surface area contributed by atoms with E-state index in [9.17, 15) is 0 Å². The zero-order chi connectivity index (χ0) is 14.3. The summed E-state index contributed by atoms with van der Waals surface area (Å²) in [5.74, 6) is 0. The lowest BCUT2D eigenvalue weighted by molar-refractivity contribution is 0.317. The molecule has 1 atom stereocenters. The van der Waals surface area contributed by atoms with Gasteiger partial charge in [0.25, 0.3) is 0 Å². The highest BCUT2D eigenvalue weighted by atomic mass is 15.3. The lowest BCUT2D eigenvalue weighted by atomic mass is 9.89. The van der Waals surface area contributed by atoms with Gasteiger partial charge in [-0.1, -0.05) is 20.8 Å². The standard InChI is InChI=1S/C16H28N4/c1-16(2,3)15-12(10-19(4)18-15)9-17-13-7-8-20(11-13)14-5-6-14/h10,13-14,17H,5-9,11H2,1-4H3. The second kappa shape index (κ2) is 5.15. The number of nitrogens with zero attached hydrogens (tertiary/aromatic N) is 3. The van der Waals surface area contributed by atoms with Gasteiger partial charge in [0.2, 0.25) is 0 Å². The summed E-state index contributed by atoms with van der Waals surface area (Å²) in [5, 5.41) is 8.39. The van der Waals surface area contributed by atoms with E-state index in [1.54, 1.807) is 0 Å². The average Bonchev–Trinajstić information content (AvgIpc) is 2.97. The first-order valence-electron chi connectivity index (χ1n) is 7.94. The first kappa shape index (κ1) is 14.1. The monoisotopic (exact) mass is 276 g/mol. The Morgan fingerprint density at radius 1 is 1.30 bits per heavy atom. The molecular weight excluding hydrogens is 248 g/mol. The molecule has 4 heteroatoms. The Hall–Kier alpha value is -0.870. The predicted molar refractivity (Wildman–Crippen MR) is 81.7 cm³/mol. The summed E-state index contributed by atoms with van der Waals surface area (Å²) in [6.07, 6.45) is 6.30. The molecule has 0 amide bonds. The van der Waals surface area contributed by atoms with Crippen LogP contribution in [0.4, 0.5) is 0 Å². The fraction of sp³-hybridized carbons (Fsp3) is 0.812. The third-order valence-corrected chi connectivity index (χ3v) is 4.48. The molecule has 1 aromatic heterocycles. The zero-order valence-electron chi connectivity index (χ0n) is 13.3. The summed E-state index contributed by atoms with van der Waals surface area (Å²) < 4.78 is 1.95. The van der Waals surface area contributed by atoms with E-state index >= 15 is 0 Å². The van der Waals surface area contributed by atoms with Crippen molar-refractivity contribution in [3.63, 3.8) is 0 Å². The Kier molecular flexibility index (Phi) is 3.63. The van der Waals surface area contributed by atoms with Crippen LogP contribution in [0.5, 0.6) is 0 Å². The van der Waals surface area contributed by atoms with Gasteiger partial charge in [0.05, 0.1) is 5.69 Å². The van der Waals surface area contributed by atoms with Crippen LogP contribution in [0, 0.1) is 0 Å². The highest BCUT2D eigenvalue weighted by molar-refractivity contribution is 5.24. The molecule has 0 aromatic carbocycles. The Morgan fingerprint density at radius 3 is 2.70 bits per heavy atom. The molecule has 0 bridgehead atoms. The summed E-state index contributed by atoms with van der Waals surface area (Å²) in [5.41, 5.74) is 2.70. The molecule has 1 saturated carbocycles. The second-order valence-electron chi connectivity index (χ2n) is 7.52. The summed E-state index contributed by atoms with van der Waals surface area (Å²) in [6.45, 7) is 10.2. The lowest BCUT2D eigenvalue weighted by Gasteiger charge is -2.19. The number of aryl methyl sites for hydroxylation is 1. The number of hydrogen-bond acceptors (Lipinski definition) is 3. The van der Waals surface area contributed by atoms with E-state index < -0.39 is 0 Å². The van der Waals surface area contributed by atoms with Crippen molar-refractivity contribution in [2.75, 3.05) is 13.1 Å². The van der Waals surface area contributed by atoms with Crippen LogP contribution >= 0.6 is 0 Å². The first-order chi connectivity index (χ1) is 9.43. The predicted octanol–water partition coefficient (Wildman–Crippen LogP) is 2.04. The van der Waals surface area contributed by atoms with Crippen LogP contribution in [-0.2, 0) is 19.0 Å². The van der Waals surface area contributed by atoms with Crippen LogP contribution in [0.25, 0.3) is 0 Å². The van der Waals surface area contributed by atoms with Gasteiger partial charge >= 0.3 is 0 Å². The van der Waals surface area contributed by atoms with Gasteiger partial charge in [0, 0.05) is 55.9 Å². The maximum absolute atomic E-state index is 4.65. The Morgan fingerprint density at radius 2 is 2.05 bits per heavy atom. The van der Waals surface area contributed by atoms with E-state index in [0.29, 0.717) is 6.04 Å². The van der Waals surface area contributed by atoms with E-state index in [-0.39, 0.29) is 5.41 Å². The smallest absolute Gasteiger partial charge is 0.0722 e. The molecule has 1 aliphatic carbocycles.